The predicted octanol–water partition coefficient (Wildman–Crippen LogP) is 6.03. The highest BCUT2D eigenvalue weighted by atomic mass is 79.9. The first-order valence-corrected chi connectivity index (χ1v) is 11.3. The Morgan fingerprint density at radius 3 is 2.76 bits per heavy atom. The second kappa shape index (κ2) is 7.71. The van der Waals surface area contributed by atoms with Gasteiger partial charge in [-0.25, -0.2) is 13.7 Å². The first-order chi connectivity index (χ1) is 14.0. The lowest BCUT2D eigenvalue weighted by Crippen LogP contribution is -2.43. The van der Waals surface area contributed by atoms with E-state index in [4.69, 9.17) is 16.3 Å². The zero-order chi connectivity index (χ0) is 20.0. The topological polar surface area (TPSA) is 41.2 Å². The fourth-order valence-electron chi connectivity index (χ4n) is 3.74. The molecule has 2 aliphatic heterocycles. The van der Waals surface area contributed by atoms with Crippen LogP contribution in [0.2, 0.25) is 5.02 Å². The monoisotopic (exact) mass is 493 g/mol. The van der Waals surface area contributed by atoms with E-state index < -0.39 is 0 Å². The molecule has 0 unspecified atom stereocenters. The van der Waals surface area contributed by atoms with E-state index in [0.717, 1.165) is 58.9 Å². The Hall–Kier alpha value is -1.38. The van der Waals surface area contributed by atoms with Crippen LogP contribution < -0.4 is 0 Å². The van der Waals surface area contributed by atoms with Crippen molar-refractivity contribution in [3.05, 3.63) is 57.9 Å². The Morgan fingerprint density at radius 1 is 1.21 bits per heavy atom. The third-order valence-corrected chi connectivity index (χ3v) is 7.65. The number of hydrogen-bond donors (Lipinski definition) is 1. The number of ether oxygens (including phenoxy) is 1. The molecule has 0 amide bonds. The van der Waals surface area contributed by atoms with Crippen molar-refractivity contribution >= 4 is 39.5 Å². The van der Waals surface area contributed by atoms with Crippen molar-refractivity contribution in [2.75, 3.05) is 26.3 Å². The molecule has 3 heterocycles. The van der Waals surface area contributed by atoms with Gasteiger partial charge in [-0.15, -0.1) is 0 Å². The fraction of sp³-hybridized carbons (Fsp3) is 0.286. The van der Waals surface area contributed by atoms with Crippen molar-refractivity contribution in [1.29, 1.82) is 0 Å². The predicted molar refractivity (Wildman–Crippen MR) is 117 cm³/mol. The van der Waals surface area contributed by atoms with Crippen molar-refractivity contribution in [2.24, 2.45) is 5.41 Å². The van der Waals surface area contributed by atoms with Crippen LogP contribution in [0.25, 0.3) is 22.6 Å². The van der Waals surface area contributed by atoms with E-state index in [-0.39, 0.29) is 5.82 Å². The number of aromatic nitrogens is 2. The average Bonchev–Trinajstić information content (AvgIpc) is 3.33. The summed E-state index contributed by atoms with van der Waals surface area (Å²) in [5.74, 6) is 0.427. The van der Waals surface area contributed by atoms with Crippen molar-refractivity contribution in [3.63, 3.8) is 0 Å². The minimum atomic E-state index is -0.302. The zero-order valence-corrected chi connectivity index (χ0v) is 18.6. The number of imidazole rings is 1. The second-order valence-corrected chi connectivity index (χ2v) is 10.0. The first-order valence-electron chi connectivity index (χ1n) is 9.32. The van der Waals surface area contributed by atoms with Crippen LogP contribution in [0, 0.1) is 11.2 Å². The van der Waals surface area contributed by atoms with E-state index in [1.807, 2.05) is 18.2 Å². The molecule has 29 heavy (non-hydrogen) atoms. The molecular weight excluding hydrogens is 477 g/mol. The molecule has 5 rings (SSSR count). The first kappa shape index (κ1) is 19.6. The number of halogens is 3. The van der Waals surface area contributed by atoms with Crippen LogP contribution in [0.5, 0.6) is 0 Å². The molecule has 150 valence electrons. The van der Waals surface area contributed by atoms with Crippen LogP contribution in [0.15, 0.2) is 52.0 Å². The third-order valence-electron chi connectivity index (χ3n) is 5.46. The van der Waals surface area contributed by atoms with E-state index in [1.165, 1.54) is 12.5 Å². The quantitative estimate of drug-likeness (QED) is 0.450. The molecule has 1 N–H and O–H groups in total. The highest BCUT2D eigenvalue weighted by Crippen LogP contribution is 2.43. The van der Waals surface area contributed by atoms with Gasteiger partial charge in [-0.3, -0.25) is 0 Å². The molecule has 1 aromatic heterocycles. The summed E-state index contributed by atoms with van der Waals surface area (Å²) in [5.41, 5.74) is 2.80. The Kier molecular flexibility index (Phi) is 5.20. The van der Waals surface area contributed by atoms with Crippen LogP contribution in [0.3, 0.4) is 0 Å². The fourth-order valence-corrected chi connectivity index (χ4v) is 5.34. The lowest BCUT2D eigenvalue weighted by atomic mass is 9.86. The maximum Gasteiger partial charge on any atom is 0.138 e. The summed E-state index contributed by atoms with van der Waals surface area (Å²) in [7, 11) is 0. The standard InChI is InChI=1S/C21H18BrClFN3OS/c22-15-3-1-13(7-17(15)24)18-9-25-20(26-18)14-2-4-16(23)19(8-14)29-27-6-5-21(10-27)11-28-12-21/h1-4,7-9H,5-6,10-12H2,(H,25,26). The van der Waals surface area contributed by atoms with Gasteiger partial charge in [0, 0.05) is 34.5 Å². The van der Waals surface area contributed by atoms with Crippen LogP contribution in [-0.2, 0) is 4.74 Å². The Morgan fingerprint density at radius 2 is 2.03 bits per heavy atom. The summed E-state index contributed by atoms with van der Waals surface area (Å²) < 4.78 is 22.1. The minimum Gasteiger partial charge on any atom is -0.380 e. The number of nitrogens with zero attached hydrogens (tertiary/aromatic N) is 2. The average molecular weight is 495 g/mol. The van der Waals surface area contributed by atoms with Crippen molar-refractivity contribution in [3.8, 4) is 22.6 Å². The van der Waals surface area contributed by atoms with Gasteiger partial charge in [0.1, 0.15) is 11.6 Å². The highest BCUT2D eigenvalue weighted by molar-refractivity contribution is 9.10. The van der Waals surface area contributed by atoms with E-state index in [9.17, 15) is 4.39 Å². The molecule has 1 spiro atoms. The normalized spacial score (nSPS) is 18.3. The number of nitrogens with one attached hydrogen (secondary N) is 1. The Bertz CT molecular complexity index is 1070. The second-order valence-electron chi connectivity index (χ2n) is 7.62. The summed E-state index contributed by atoms with van der Waals surface area (Å²) >= 11 is 11.3. The van der Waals surface area contributed by atoms with Crippen molar-refractivity contribution in [1.82, 2.24) is 14.3 Å². The smallest absolute Gasteiger partial charge is 0.138 e. The van der Waals surface area contributed by atoms with Crippen LogP contribution in [0.4, 0.5) is 4.39 Å². The van der Waals surface area contributed by atoms with E-state index >= 15 is 0 Å². The Balaban J connectivity index is 1.37. The molecule has 2 saturated heterocycles. The lowest BCUT2D eigenvalue weighted by molar-refractivity contribution is -0.102. The van der Waals surface area contributed by atoms with Gasteiger partial charge in [0.05, 0.1) is 34.6 Å². The molecule has 8 heteroatoms. The van der Waals surface area contributed by atoms with E-state index in [0.29, 0.717) is 9.89 Å². The van der Waals surface area contributed by atoms with Gasteiger partial charge in [-0.05, 0) is 64.6 Å². The van der Waals surface area contributed by atoms with Gasteiger partial charge >= 0.3 is 0 Å². The molecule has 0 atom stereocenters. The highest BCUT2D eigenvalue weighted by Gasteiger charge is 2.44. The zero-order valence-electron chi connectivity index (χ0n) is 15.4. The molecule has 2 aliphatic rings. The van der Waals surface area contributed by atoms with Crippen molar-refractivity contribution < 1.29 is 9.13 Å². The summed E-state index contributed by atoms with van der Waals surface area (Å²) in [5, 5.41) is 0.728. The maximum atomic E-state index is 13.9. The molecule has 0 aliphatic carbocycles. The van der Waals surface area contributed by atoms with E-state index in [2.05, 4.69) is 36.3 Å². The SMILES string of the molecule is Fc1cc(-c2cnc(-c3ccc(Cl)c(SN4CCC5(COC5)C4)c3)[nH]2)ccc1Br. The van der Waals surface area contributed by atoms with Gasteiger partial charge in [0.2, 0.25) is 0 Å². The summed E-state index contributed by atoms with van der Waals surface area (Å²) in [6.45, 7) is 3.79. The minimum absolute atomic E-state index is 0.302. The molecule has 0 saturated carbocycles. The van der Waals surface area contributed by atoms with Gasteiger partial charge in [0.25, 0.3) is 0 Å². The Labute approximate surface area is 186 Å². The van der Waals surface area contributed by atoms with Crippen LogP contribution in [0.1, 0.15) is 6.42 Å². The largest absolute Gasteiger partial charge is 0.380 e. The van der Waals surface area contributed by atoms with Gasteiger partial charge < -0.3 is 9.72 Å². The van der Waals surface area contributed by atoms with Gasteiger partial charge in [0.15, 0.2) is 0 Å². The third kappa shape index (κ3) is 3.86. The lowest BCUT2D eigenvalue weighted by Gasteiger charge is -2.37. The molecule has 0 bridgehead atoms. The van der Waals surface area contributed by atoms with Crippen LogP contribution in [-0.4, -0.2) is 40.6 Å². The number of hydrogen-bond acceptors (Lipinski definition) is 4. The van der Waals surface area contributed by atoms with Crippen LogP contribution >= 0.6 is 39.5 Å². The van der Waals surface area contributed by atoms with Crippen molar-refractivity contribution in [2.45, 2.75) is 11.3 Å². The molecule has 4 nitrogen and oxygen atoms in total. The number of aromatic amines is 1. The number of H-pyrrole nitrogens is 1. The van der Waals surface area contributed by atoms with Gasteiger partial charge in [-0.2, -0.15) is 0 Å². The maximum absolute atomic E-state index is 13.9. The summed E-state index contributed by atoms with van der Waals surface area (Å²) in [6, 6.07) is 10.9. The molecule has 2 aromatic carbocycles. The summed E-state index contributed by atoms with van der Waals surface area (Å²) in [6.07, 6.45) is 2.89. The summed E-state index contributed by atoms with van der Waals surface area (Å²) in [4.78, 5) is 8.79. The molecular formula is C21H18BrClFN3OS. The molecule has 3 aromatic rings. The van der Waals surface area contributed by atoms with E-state index in [1.54, 1.807) is 24.2 Å². The van der Waals surface area contributed by atoms with Gasteiger partial charge in [-0.1, -0.05) is 17.7 Å². The number of rotatable bonds is 4. The molecule has 0 radical (unpaired) electrons. The number of benzene rings is 2. The molecule has 2 fully saturated rings.